The molecule has 2 aromatic carbocycles. The highest BCUT2D eigenvalue weighted by Gasteiger charge is 2.37. The Kier molecular flexibility index (Phi) is 3.72. The first-order valence-corrected chi connectivity index (χ1v) is 7.18. The molecule has 2 aromatic rings. The van der Waals surface area contributed by atoms with E-state index in [-0.39, 0.29) is 17.7 Å². The summed E-state index contributed by atoms with van der Waals surface area (Å²) in [5, 5.41) is 0.700. The van der Waals surface area contributed by atoms with Crippen LogP contribution in [0.2, 0.25) is 10.0 Å². The van der Waals surface area contributed by atoms with Crippen LogP contribution in [0.1, 0.15) is 26.3 Å². The van der Waals surface area contributed by atoms with Crippen LogP contribution in [0.25, 0.3) is 0 Å². The third-order valence-electron chi connectivity index (χ3n) is 3.41. The van der Waals surface area contributed by atoms with Gasteiger partial charge in [-0.15, -0.1) is 0 Å². The number of carbonyl (C=O) groups is 3. The van der Waals surface area contributed by atoms with E-state index < -0.39 is 17.6 Å². The number of hydrogen-bond acceptors (Lipinski definition) is 3. The van der Waals surface area contributed by atoms with Crippen LogP contribution in [0.15, 0.2) is 42.5 Å². The number of benzene rings is 2. The number of carbonyl (C=O) groups excluding carboxylic acids is 3. The first kappa shape index (κ1) is 14.8. The van der Waals surface area contributed by atoms with Gasteiger partial charge in [0.2, 0.25) is 0 Å². The molecule has 3 rings (SSSR count). The van der Waals surface area contributed by atoms with Gasteiger partial charge in [-0.2, -0.15) is 0 Å². The minimum atomic E-state index is -0.838. The Morgan fingerprint density at radius 2 is 1.50 bits per heavy atom. The Morgan fingerprint density at radius 3 is 2.18 bits per heavy atom. The van der Waals surface area contributed by atoms with Crippen LogP contribution >= 0.6 is 23.2 Å². The van der Waals surface area contributed by atoms with Crippen molar-refractivity contribution in [3.63, 3.8) is 0 Å². The second kappa shape index (κ2) is 5.55. The molecule has 0 radical (unpaired) electrons. The zero-order valence-corrected chi connectivity index (χ0v) is 12.7. The number of rotatable bonds is 2. The van der Waals surface area contributed by atoms with Crippen LogP contribution in [0, 0.1) is 0 Å². The molecule has 110 valence electrons. The first-order valence-electron chi connectivity index (χ1n) is 6.42. The molecule has 0 unspecified atom stereocenters. The molecule has 0 fully saturated rings. The molecule has 0 saturated carbocycles. The van der Waals surface area contributed by atoms with E-state index in [0.717, 1.165) is 4.90 Å². The van der Waals surface area contributed by atoms with Crippen LogP contribution < -0.4 is 0 Å². The van der Waals surface area contributed by atoms with Crippen molar-refractivity contribution >= 4 is 40.8 Å². The number of nitrogens with zero attached hydrogens (tertiary/aromatic N) is 1. The molecule has 0 spiro atoms. The zero-order chi connectivity index (χ0) is 15.9. The number of ketones is 1. The molecule has 22 heavy (non-hydrogen) atoms. The lowest BCUT2D eigenvalue weighted by Crippen LogP contribution is -2.45. The SMILES string of the molecule is O=C1C(=O)N(Cc2ccc(Cl)c(Cl)c2)C(=O)c2ccccc21. The van der Waals surface area contributed by atoms with E-state index >= 15 is 0 Å². The Hall–Kier alpha value is -2.17. The van der Waals surface area contributed by atoms with Gasteiger partial charge in [-0.05, 0) is 23.8 Å². The average Bonchev–Trinajstić information content (AvgIpc) is 2.53. The highest BCUT2D eigenvalue weighted by atomic mass is 35.5. The number of imide groups is 1. The standard InChI is InChI=1S/C16H9Cl2NO3/c17-12-6-5-9(7-13(12)18)8-19-15(21)11-4-2-1-3-10(11)14(20)16(19)22/h1-7H,8H2. The number of Topliss-reactive ketones (excluding diaryl/α,β-unsaturated/α-hetero) is 1. The van der Waals surface area contributed by atoms with Crippen LogP contribution in [-0.2, 0) is 11.3 Å². The smallest absolute Gasteiger partial charge is 0.283 e. The third kappa shape index (κ3) is 2.40. The van der Waals surface area contributed by atoms with E-state index in [1.807, 2.05) is 0 Å². The molecule has 0 aliphatic carbocycles. The van der Waals surface area contributed by atoms with Crippen molar-refractivity contribution in [2.45, 2.75) is 6.54 Å². The lowest BCUT2D eigenvalue weighted by molar-refractivity contribution is -0.124. The molecule has 2 amide bonds. The fraction of sp³-hybridized carbons (Fsp3) is 0.0625. The third-order valence-corrected chi connectivity index (χ3v) is 4.15. The van der Waals surface area contributed by atoms with Gasteiger partial charge in [0, 0.05) is 5.56 Å². The minimum absolute atomic E-state index is 0.0331. The summed E-state index contributed by atoms with van der Waals surface area (Å²) in [6, 6.07) is 11.1. The second-order valence-corrected chi connectivity index (χ2v) is 5.63. The van der Waals surface area contributed by atoms with E-state index in [1.165, 1.54) is 12.1 Å². The quantitative estimate of drug-likeness (QED) is 0.625. The van der Waals surface area contributed by atoms with Crippen molar-refractivity contribution in [3.8, 4) is 0 Å². The van der Waals surface area contributed by atoms with Gasteiger partial charge in [-0.25, -0.2) is 0 Å². The predicted molar refractivity (Wildman–Crippen MR) is 82.1 cm³/mol. The summed E-state index contributed by atoms with van der Waals surface area (Å²) >= 11 is 11.8. The molecule has 1 aliphatic rings. The number of halogens is 2. The van der Waals surface area contributed by atoms with E-state index in [2.05, 4.69) is 0 Å². The fourth-order valence-corrected chi connectivity index (χ4v) is 2.63. The first-order chi connectivity index (χ1) is 10.5. The Bertz CT molecular complexity index is 817. The molecule has 1 aliphatic heterocycles. The molecule has 6 heteroatoms. The monoisotopic (exact) mass is 333 g/mol. The van der Waals surface area contributed by atoms with Gasteiger partial charge in [-0.3, -0.25) is 19.3 Å². The number of fused-ring (bicyclic) bond motifs is 1. The summed E-state index contributed by atoms with van der Waals surface area (Å²) in [7, 11) is 0. The maximum absolute atomic E-state index is 12.4. The molecule has 0 bridgehead atoms. The Labute approximate surface area is 136 Å². The van der Waals surface area contributed by atoms with Crippen LogP contribution in [0.5, 0.6) is 0 Å². The van der Waals surface area contributed by atoms with Crippen molar-refractivity contribution in [1.82, 2.24) is 4.90 Å². The second-order valence-electron chi connectivity index (χ2n) is 4.82. The normalized spacial score (nSPS) is 14.3. The molecule has 0 atom stereocenters. The van der Waals surface area contributed by atoms with Gasteiger partial charge in [0.25, 0.3) is 11.7 Å². The van der Waals surface area contributed by atoms with Crippen molar-refractivity contribution in [3.05, 3.63) is 69.2 Å². The Morgan fingerprint density at radius 1 is 0.818 bits per heavy atom. The van der Waals surface area contributed by atoms with Gasteiger partial charge in [0.1, 0.15) is 0 Å². The Balaban J connectivity index is 1.98. The van der Waals surface area contributed by atoms with E-state index in [4.69, 9.17) is 23.2 Å². The largest absolute Gasteiger partial charge is 0.302 e. The van der Waals surface area contributed by atoms with E-state index in [1.54, 1.807) is 30.3 Å². The summed E-state index contributed by atoms with van der Waals surface area (Å²) in [4.78, 5) is 37.6. The van der Waals surface area contributed by atoms with Crippen LogP contribution in [-0.4, -0.2) is 22.5 Å². The van der Waals surface area contributed by atoms with Crippen molar-refractivity contribution in [2.75, 3.05) is 0 Å². The highest BCUT2D eigenvalue weighted by molar-refractivity contribution is 6.49. The molecule has 0 saturated heterocycles. The lowest BCUT2D eigenvalue weighted by Gasteiger charge is -2.25. The minimum Gasteiger partial charge on any atom is -0.283 e. The predicted octanol–water partition coefficient (Wildman–Crippen LogP) is 3.36. The van der Waals surface area contributed by atoms with Crippen LogP contribution in [0.4, 0.5) is 0 Å². The fourth-order valence-electron chi connectivity index (χ4n) is 2.31. The number of hydrogen-bond donors (Lipinski definition) is 0. The maximum Gasteiger partial charge on any atom is 0.302 e. The number of amides is 2. The summed E-state index contributed by atoms with van der Waals surface area (Å²) in [5.41, 5.74) is 0.985. The lowest BCUT2D eigenvalue weighted by atomic mass is 9.97. The molecule has 0 aromatic heterocycles. The zero-order valence-electron chi connectivity index (χ0n) is 11.2. The van der Waals surface area contributed by atoms with Crippen molar-refractivity contribution in [2.24, 2.45) is 0 Å². The molecular weight excluding hydrogens is 325 g/mol. The summed E-state index contributed by atoms with van der Waals surface area (Å²) in [6.45, 7) is -0.0331. The molecule has 0 N–H and O–H groups in total. The summed E-state index contributed by atoms with van der Waals surface area (Å²) < 4.78 is 0. The molecule has 1 heterocycles. The summed E-state index contributed by atoms with van der Waals surface area (Å²) in [5.74, 6) is -2.02. The van der Waals surface area contributed by atoms with E-state index in [0.29, 0.717) is 15.6 Å². The maximum atomic E-state index is 12.4. The van der Waals surface area contributed by atoms with Gasteiger partial charge in [0.05, 0.1) is 22.2 Å². The van der Waals surface area contributed by atoms with Crippen molar-refractivity contribution < 1.29 is 14.4 Å². The van der Waals surface area contributed by atoms with Gasteiger partial charge < -0.3 is 0 Å². The highest BCUT2D eigenvalue weighted by Crippen LogP contribution is 2.25. The molecule has 4 nitrogen and oxygen atoms in total. The summed E-state index contributed by atoms with van der Waals surface area (Å²) in [6.07, 6.45) is 0. The van der Waals surface area contributed by atoms with Gasteiger partial charge in [0.15, 0.2) is 0 Å². The average molecular weight is 334 g/mol. The van der Waals surface area contributed by atoms with E-state index in [9.17, 15) is 14.4 Å². The molecular formula is C16H9Cl2NO3. The van der Waals surface area contributed by atoms with Crippen LogP contribution in [0.3, 0.4) is 0 Å². The topological polar surface area (TPSA) is 54.5 Å². The van der Waals surface area contributed by atoms with Gasteiger partial charge >= 0.3 is 5.91 Å². The van der Waals surface area contributed by atoms with Gasteiger partial charge in [-0.1, -0.05) is 47.5 Å². The van der Waals surface area contributed by atoms with Crippen molar-refractivity contribution in [1.29, 1.82) is 0 Å².